The van der Waals surface area contributed by atoms with Crippen molar-refractivity contribution in [2.75, 3.05) is 7.11 Å². The molecule has 0 spiro atoms. The predicted octanol–water partition coefficient (Wildman–Crippen LogP) is 4.56. The fourth-order valence-corrected chi connectivity index (χ4v) is 4.06. The summed E-state index contributed by atoms with van der Waals surface area (Å²) in [4.78, 5) is 26.6. The van der Waals surface area contributed by atoms with Gasteiger partial charge in [-0.15, -0.1) is 0 Å². The fraction of sp³-hybridized carbons (Fsp3) is 0.107. The molecule has 1 amide bonds. The molecule has 5 rings (SSSR count). The number of nitrogens with zero attached hydrogens (tertiary/aromatic N) is 5. The third kappa shape index (κ3) is 4.56. The van der Waals surface area contributed by atoms with Crippen molar-refractivity contribution in [3.8, 4) is 23.0 Å². The summed E-state index contributed by atoms with van der Waals surface area (Å²) >= 11 is 0. The van der Waals surface area contributed by atoms with Gasteiger partial charge in [-0.05, 0) is 48.4 Å². The summed E-state index contributed by atoms with van der Waals surface area (Å²) in [5.74, 6) is 0.830. The zero-order valence-electron chi connectivity index (χ0n) is 19.9. The van der Waals surface area contributed by atoms with Crippen molar-refractivity contribution in [2.45, 2.75) is 13.0 Å². The number of hydrogen-bond donors (Lipinski definition) is 1. The number of methoxy groups -OCH3 is 1. The molecule has 0 aliphatic carbocycles. The molecule has 0 aliphatic rings. The lowest BCUT2D eigenvalue weighted by molar-refractivity contribution is 0.0942. The van der Waals surface area contributed by atoms with Crippen molar-refractivity contribution >= 4 is 5.91 Å². The van der Waals surface area contributed by atoms with Gasteiger partial charge in [0.05, 0.1) is 36.3 Å². The topological polar surface area (TPSA) is 94.8 Å². The first-order chi connectivity index (χ1) is 17.7. The van der Waals surface area contributed by atoms with Gasteiger partial charge in [0.15, 0.2) is 0 Å². The highest BCUT2D eigenvalue weighted by Gasteiger charge is 2.22. The third-order valence-corrected chi connectivity index (χ3v) is 5.92. The van der Waals surface area contributed by atoms with E-state index in [0.717, 1.165) is 16.7 Å². The van der Waals surface area contributed by atoms with E-state index in [1.54, 1.807) is 36.6 Å². The van der Waals surface area contributed by atoms with E-state index in [-0.39, 0.29) is 11.9 Å². The maximum absolute atomic E-state index is 13.4. The van der Waals surface area contributed by atoms with Crippen molar-refractivity contribution in [1.82, 2.24) is 30.0 Å². The van der Waals surface area contributed by atoms with Crippen LogP contribution in [0.25, 0.3) is 17.2 Å². The molecule has 0 aliphatic heterocycles. The number of ether oxygens (including phenoxy) is 1. The maximum Gasteiger partial charge on any atom is 0.255 e. The van der Waals surface area contributed by atoms with Crippen LogP contribution in [0.1, 0.15) is 33.2 Å². The van der Waals surface area contributed by atoms with Crippen LogP contribution in [0.2, 0.25) is 0 Å². The quantitative estimate of drug-likeness (QED) is 0.370. The van der Waals surface area contributed by atoms with Crippen LogP contribution in [0.15, 0.2) is 97.6 Å². The summed E-state index contributed by atoms with van der Waals surface area (Å²) in [6.45, 7) is 1.82. The standard InChI is InChI=1S/C28H24N6O2/c1-19-23(27(35)33-26(20-8-4-3-5-9-20)21-12-15-29-16-13-21)18-31-34(19)28-30-17-14-24(32-28)22-10-6-7-11-25(22)36-2/h3-18,26H,1-2H3,(H,33,35). The molecule has 1 N–H and O–H groups in total. The molecule has 3 aromatic heterocycles. The van der Waals surface area contributed by atoms with Gasteiger partial charge >= 0.3 is 0 Å². The van der Waals surface area contributed by atoms with E-state index in [1.807, 2.05) is 79.7 Å². The van der Waals surface area contributed by atoms with Gasteiger partial charge in [0.25, 0.3) is 11.9 Å². The summed E-state index contributed by atoms with van der Waals surface area (Å²) in [6, 6.07) is 22.7. The number of benzene rings is 2. The van der Waals surface area contributed by atoms with Gasteiger partial charge in [0.1, 0.15) is 5.75 Å². The van der Waals surface area contributed by atoms with Gasteiger partial charge in [0.2, 0.25) is 0 Å². The molecule has 5 aromatic rings. The number of pyridine rings is 1. The smallest absolute Gasteiger partial charge is 0.255 e. The molecule has 8 heteroatoms. The first kappa shape index (κ1) is 22.9. The molecule has 0 bridgehead atoms. The van der Waals surface area contributed by atoms with E-state index in [1.165, 1.54) is 0 Å². The number of aromatic nitrogens is 5. The van der Waals surface area contributed by atoms with Crippen molar-refractivity contribution in [3.63, 3.8) is 0 Å². The van der Waals surface area contributed by atoms with Crippen molar-refractivity contribution in [1.29, 1.82) is 0 Å². The zero-order chi connectivity index (χ0) is 24.9. The van der Waals surface area contributed by atoms with Crippen LogP contribution in [0.5, 0.6) is 5.75 Å². The Kier molecular flexibility index (Phi) is 6.48. The average Bonchev–Trinajstić information content (AvgIpc) is 3.34. The lowest BCUT2D eigenvalue weighted by atomic mass is 9.99. The van der Waals surface area contributed by atoms with Crippen LogP contribution in [0, 0.1) is 6.92 Å². The second kappa shape index (κ2) is 10.2. The Morgan fingerprint density at radius 3 is 2.42 bits per heavy atom. The second-order valence-corrected chi connectivity index (χ2v) is 8.10. The molecule has 8 nitrogen and oxygen atoms in total. The zero-order valence-corrected chi connectivity index (χ0v) is 19.9. The number of rotatable bonds is 7. The Hall–Kier alpha value is -4.85. The lowest BCUT2D eigenvalue weighted by Gasteiger charge is -2.19. The highest BCUT2D eigenvalue weighted by molar-refractivity contribution is 5.95. The second-order valence-electron chi connectivity index (χ2n) is 8.10. The van der Waals surface area contributed by atoms with Crippen molar-refractivity contribution < 1.29 is 9.53 Å². The van der Waals surface area contributed by atoms with Gasteiger partial charge in [-0.25, -0.2) is 14.6 Å². The van der Waals surface area contributed by atoms with Crippen LogP contribution in [0.4, 0.5) is 0 Å². The summed E-state index contributed by atoms with van der Waals surface area (Å²) < 4.78 is 7.04. The fourth-order valence-electron chi connectivity index (χ4n) is 4.06. The molecular weight excluding hydrogens is 452 g/mol. The van der Waals surface area contributed by atoms with E-state index in [9.17, 15) is 4.79 Å². The molecule has 178 valence electrons. The first-order valence-electron chi connectivity index (χ1n) is 11.4. The van der Waals surface area contributed by atoms with Gasteiger partial charge in [-0.3, -0.25) is 9.78 Å². The highest BCUT2D eigenvalue weighted by atomic mass is 16.5. The third-order valence-electron chi connectivity index (χ3n) is 5.92. The monoisotopic (exact) mass is 476 g/mol. The minimum absolute atomic E-state index is 0.245. The number of para-hydroxylation sites is 1. The number of nitrogens with one attached hydrogen (secondary N) is 1. The van der Waals surface area contributed by atoms with Gasteiger partial charge in [-0.2, -0.15) is 5.10 Å². The SMILES string of the molecule is COc1ccccc1-c1ccnc(-n2ncc(C(=O)NC(c3ccccc3)c3ccncc3)c2C)n1. The molecule has 0 radical (unpaired) electrons. The molecule has 36 heavy (non-hydrogen) atoms. The minimum atomic E-state index is -0.338. The normalized spacial score (nSPS) is 11.6. The summed E-state index contributed by atoms with van der Waals surface area (Å²) in [5, 5.41) is 7.57. The Morgan fingerprint density at radius 2 is 1.64 bits per heavy atom. The maximum atomic E-state index is 13.4. The minimum Gasteiger partial charge on any atom is -0.496 e. The van der Waals surface area contributed by atoms with E-state index in [2.05, 4.69) is 25.4 Å². The van der Waals surface area contributed by atoms with Gasteiger partial charge in [0, 0.05) is 24.2 Å². The number of amides is 1. The molecule has 2 aromatic carbocycles. The molecule has 3 heterocycles. The van der Waals surface area contributed by atoms with Crippen molar-refractivity contribution in [2.24, 2.45) is 0 Å². The predicted molar refractivity (Wildman–Crippen MR) is 136 cm³/mol. The van der Waals surface area contributed by atoms with Crippen LogP contribution in [-0.2, 0) is 0 Å². The van der Waals surface area contributed by atoms with E-state index >= 15 is 0 Å². The van der Waals surface area contributed by atoms with Crippen LogP contribution < -0.4 is 10.1 Å². The van der Waals surface area contributed by atoms with E-state index in [4.69, 9.17) is 4.74 Å². The van der Waals surface area contributed by atoms with Gasteiger partial charge < -0.3 is 10.1 Å². The molecule has 0 fully saturated rings. The Morgan fingerprint density at radius 1 is 0.917 bits per heavy atom. The lowest BCUT2D eigenvalue weighted by Crippen LogP contribution is -2.29. The van der Waals surface area contributed by atoms with E-state index < -0.39 is 0 Å². The van der Waals surface area contributed by atoms with Gasteiger partial charge in [-0.1, -0.05) is 42.5 Å². The summed E-state index contributed by atoms with van der Waals surface area (Å²) in [5.41, 5.74) is 4.51. The summed E-state index contributed by atoms with van der Waals surface area (Å²) in [7, 11) is 1.62. The molecule has 0 saturated carbocycles. The molecule has 1 atom stereocenters. The number of hydrogen-bond acceptors (Lipinski definition) is 6. The molecular formula is C28H24N6O2. The van der Waals surface area contributed by atoms with Crippen LogP contribution in [0.3, 0.4) is 0 Å². The highest BCUT2D eigenvalue weighted by Crippen LogP contribution is 2.28. The molecule has 0 saturated heterocycles. The summed E-state index contributed by atoms with van der Waals surface area (Å²) in [6.07, 6.45) is 6.64. The van der Waals surface area contributed by atoms with Crippen molar-refractivity contribution in [3.05, 3.63) is 120 Å². The largest absolute Gasteiger partial charge is 0.496 e. The Labute approximate surface area is 208 Å². The number of carbonyl (C=O) groups is 1. The first-order valence-corrected chi connectivity index (χ1v) is 11.4. The Bertz CT molecular complexity index is 1450. The molecule has 1 unspecified atom stereocenters. The average molecular weight is 477 g/mol. The van der Waals surface area contributed by atoms with Crippen LogP contribution >= 0.6 is 0 Å². The number of carbonyl (C=O) groups excluding carboxylic acids is 1. The van der Waals surface area contributed by atoms with Crippen LogP contribution in [-0.4, -0.2) is 37.7 Å². The Balaban J connectivity index is 1.45. The van der Waals surface area contributed by atoms with E-state index in [0.29, 0.717) is 28.6 Å².